The second-order valence-electron chi connectivity index (χ2n) is 4.59. The molecule has 4 aromatic rings. The zero-order valence-corrected chi connectivity index (χ0v) is 15.8. The molecular formula is C20H14N2PtS. The molecule has 0 atom stereocenters. The second kappa shape index (κ2) is 9.92. The standard InChI is InChI=1S/C14H9N2S.C6H5.Pt/c1-2-9-15-11(5-1)12-6-3-7-13(16-12)14-8-4-10-17-14;1-2-4-6-5-3-1;/h1-7,9-10H;1-5H;/q2*-1;+2. The van der Waals surface area contributed by atoms with Crippen LogP contribution in [0.3, 0.4) is 0 Å². The van der Waals surface area contributed by atoms with Crippen molar-refractivity contribution >= 4 is 11.3 Å². The number of hydrogen-bond acceptors (Lipinski definition) is 3. The van der Waals surface area contributed by atoms with Crippen molar-refractivity contribution in [1.82, 2.24) is 9.97 Å². The zero-order valence-electron chi connectivity index (χ0n) is 12.7. The molecule has 0 aliphatic carbocycles. The van der Waals surface area contributed by atoms with Gasteiger partial charge >= 0.3 is 21.1 Å². The van der Waals surface area contributed by atoms with Gasteiger partial charge in [0.05, 0.1) is 11.4 Å². The molecule has 0 fully saturated rings. The van der Waals surface area contributed by atoms with Gasteiger partial charge in [0.1, 0.15) is 0 Å². The average Bonchev–Trinajstić information content (AvgIpc) is 3.19. The molecule has 1 aromatic carbocycles. The van der Waals surface area contributed by atoms with Crippen molar-refractivity contribution in [2.75, 3.05) is 0 Å². The molecule has 0 N–H and O–H groups in total. The van der Waals surface area contributed by atoms with Gasteiger partial charge in [-0.15, -0.1) is 5.38 Å². The van der Waals surface area contributed by atoms with Gasteiger partial charge in [0.2, 0.25) is 0 Å². The predicted octanol–water partition coefficient (Wildman–Crippen LogP) is 5.16. The van der Waals surface area contributed by atoms with E-state index in [0.717, 1.165) is 22.0 Å². The molecule has 0 bridgehead atoms. The Hall–Kier alpha value is -2.09. The first-order valence-corrected chi connectivity index (χ1v) is 8.06. The second-order valence-corrected chi connectivity index (χ2v) is 5.51. The number of aromatic nitrogens is 2. The van der Waals surface area contributed by atoms with E-state index < -0.39 is 0 Å². The van der Waals surface area contributed by atoms with Gasteiger partial charge in [-0.1, -0.05) is 23.1 Å². The molecule has 0 amide bonds. The van der Waals surface area contributed by atoms with Crippen LogP contribution in [0.2, 0.25) is 0 Å². The van der Waals surface area contributed by atoms with E-state index >= 15 is 0 Å². The summed E-state index contributed by atoms with van der Waals surface area (Å²) in [6, 6.07) is 29.4. The maximum absolute atomic E-state index is 4.60. The number of hydrogen-bond donors (Lipinski definition) is 0. The molecule has 2 nitrogen and oxygen atoms in total. The topological polar surface area (TPSA) is 25.8 Å². The van der Waals surface area contributed by atoms with Crippen LogP contribution in [-0.2, 0) is 21.1 Å². The first-order chi connectivity index (χ1) is 11.4. The van der Waals surface area contributed by atoms with Crippen molar-refractivity contribution in [2.45, 2.75) is 0 Å². The van der Waals surface area contributed by atoms with Gasteiger partial charge in [0.15, 0.2) is 0 Å². The molecule has 3 heterocycles. The number of thiophene rings is 1. The van der Waals surface area contributed by atoms with E-state index in [1.807, 2.05) is 78.2 Å². The van der Waals surface area contributed by atoms with Crippen LogP contribution in [0.1, 0.15) is 0 Å². The Morgan fingerprint density at radius 2 is 1.54 bits per heavy atom. The average molecular weight is 509 g/mol. The summed E-state index contributed by atoms with van der Waals surface area (Å²) in [6.45, 7) is 0. The Morgan fingerprint density at radius 1 is 0.750 bits per heavy atom. The largest absolute Gasteiger partial charge is 2.00 e. The summed E-state index contributed by atoms with van der Waals surface area (Å²) in [5.74, 6) is 0. The van der Waals surface area contributed by atoms with Crippen LogP contribution in [-0.4, -0.2) is 9.97 Å². The van der Waals surface area contributed by atoms with Crippen molar-refractivity contribution in [3.05, 3.63) is 96.5 Å². The minimum atomic E-state index is 0. The quantitative estimate of drug-likeness (QED) is 0.349. The Balaban J connectivity index is 0.000000254. The van der Waals surface area contributed by atoms with Gasteiger partial charge in [0, 0.05) is 6.20 Å². The molecule has 0 spiro atoms. The summed E-state index contributed by atoms with van der Waals surface area (Å²) in [7, 11) is 0. The molecule has 4 heteroatoms. The van der Waals surface area contributed by atoms with Crippen molar-refractivity contribution < 1.29 is 21.1 Å². The summed E-state index contributed by atoms with van der Waals surface area (Å²) in [5, 5.41) is 2.00. The van der Waals surface area contributed by atoms with Crippen molar-refractivity contribution in [1.29, 1.82) is 0 Å². The third-order valence-electron chi connectivity index (χ3n) is 2.98. The van der Waals surface area contributed by atoms with Crippen LogP contribution >= 0.6 is 11.3 Å². The third kappa shape index (κ3) is 5.23. The van der Waals surface area contributed by atoms with E-state index in [-0.39, 0.29) is 21.1 Å². The molecule has 120 valence electrons. The van der Waals surface area contributed by atoms with Gasteiger partial charge < -0.3 is 4.98 Å². The van der Waals surface area contributed by atoms with Crippen LogP contribution in [0.25, 0.3) is 22.0 Å². The van der Waals surface area contributed by atoms with E-state index in [4.69, 9.17) is 0 Å². The van der Waals surface area contributed by atoms with Crippen LogP contribution in [0.4, 0.5) is 0 Å². The van der Waals surface area contributed by atoms with Crippen molar-refractivity contribution in [3.63, 3.8) is 0 Å². The zero-order chi connectivity index (χ0) is 15.7. The van der Waals surface area contributed by atoms with E-state index in [9.17, 15) is 0 Å². The number of benzene rings is 1. The number of nitrogens with zero attached hydrogens (tertiary/aromatic N) is 2. The summed E-state index contributed by atoms with van der Waals surface area (Å²) in [5.41, 5.74) is 2.74. The third-order valence-corrected chi connectivity index (χ3v) is 3.82. The monoisotopic (exact) mass is 509 g/mol. The van der Waals surface area contributed by atoms with Gasteiger partial charge in [0.25, 0.3) is 0 Å². The fourth-order valence-electron chi connectivity index (χ4n) is 1.94. The molecule has 0 saturated carbocycles. The molecule has 4 rings (SSSR count). The Bertz CT molecular complexity index is 792. The summed E-state index contributed by atoms with van der Waals surface area (Å²) in [4.78, 5) is 9.96. The molecule has 0 unspecified atom stereocenters. The predicted molar refractivity (Wildman–Crippen MR) is 94.9 cm³/mol. The molecule has 0 aliphatic heterocycles. The normalized spacial score (nSPS) is 9.33. The molecular weight excluding hydrogens is 495 g/mol. The van der Waals surface area contributed by atoms with Gasteiger partial charge in [-0.05, 0) is 23.9 Å². The molecule has 0 aliphatic rings. The van der Waals surface area contributed by atoms with Gasteiger partial charge in [-0.2, -0.15) is 48.5 Å². The molecule has 0 saturated heterocycles. The van der Waals surface area contributed by atoms with Crippen molar-refractivity contribution in [2.24, 2.45) is 0 Å². The Morgan fingerprint density at radius 3 is 2.12 bits per heavy atom. The SMILES string of the molecule is [Pt+2].[c-]1ccccc1.[c-]1ccsc1-c1cccc(-c2ccccn2)n1. The fourth-order valence-corrected chi connectivity index (χ4v) is 2.58. The molecule has 3 aromatic heterocycles. The fraction of sp³-hybridized carbons (Fsp3) is 0. The van der Waals surface area contributed by atoms with Gasteiger partial charge in [-0.25, -0.2) is 11.3 Å². The summed E-state index contributed by atoms with van der Waals surface area (Å²) >= 11 is 1.64. The molecule has 0 radical (unpaired) electrons. The maximum Gasteiger partial charge on any atom is 2.00 e. The summed E-state index contributed by atoms with van der Waals surface area (Å²) < 4.78 is 0. The first-order valence-electron chi connectivity index (χ1n) is 7.18. The van der Waals surface area contributed by atoms with Crippen LogP contribution in [0.5, 0.6) is 0 Å². The van der Waals surface area contributed by atoms with E-state index in [1.165, 1.54) is 0 Å². The number of pyridine rings is 2. The van der Waals surface area contributed by atoms with Gasteiger partial charge in [-0.3, -0.25) is 4.98 Å². The van der Waals surface area contributed by atoms with Crippen LogP contribution in [0, 0.1) is 12.1 Å². The smallest absolute Gasteiger partial charge is 0.309 e. The molecule has 24 heavy (non-hydrogen) atoms. The Kier molecular flexibility index (Phi) is 7.54. The van der Waals surface area contributed by atoms with Crippen molar-refractivity contribution in [3.8, 4) is 22.0 Å². The maximum atomic E-state index is 4.60. The van der Waals surface area contributed by atoms with E-state index in [0.29, 0.717) is 0 Å². The Labute approximate surface area is 160 Å². The van der Waals surface area contributed by atoms with Crippen LogP contribution < -0.4 is 0 Å². The summed E-state index contributed by atoms with van der Waals surface area (Å²) in [6.07, 6.45) is 1.78. The van der Waals surface area contributed by atoms with E-state index in [1.54, 1.807) is 17.5 Å². The van der Waals surface area contributed by atoms with Crippen LogP contribution in [0.15, 0.2) is 84.4 Å². The first kappa shape index (κ1) is 18.2. The number of rotatable bonds is 2. The van der Waals surface area contributed by atoms with E-state index in [2.05, 4.69) is 22.1 Å². The minimum absolute atomic E-state index is 0. The minimum Gasteiger partial charge on any atom is -0.309 e.